The molecule has 2 saturated carbocycles. The molecule has 0 saturated heterocycles. The van der Waals surface area contributed by atoms with E-state index in [1.54, 1.807) is 6.26 Å². The molecule has 1 heterocycles. The van der Waals surface area contributed by atoms with Gasteiger partial charge in [-0.1, -0.05) is 69.2 Å². The number of hydrogen-bond acceptors (Lipinski definition) is 2. The third-order valence-electron chi connectivity index (χ3n) is 7.88. The van der Waals surface area contributed by atoms with E-state index in [-0.39, 0.29) is 11.5 Å². The van der Waals surface area contributed by atoms with Crippen LogP contribution in [0.25, 0.3) is 5.57 Å². The van der Waals surface area contributed by atoms with Crippen molar-refractivity contribution < 1.29 is 8.98 Å². The molecule has 0 bridgehead atoms. The number of furan rings is 1. The zero-order chi connectivity index (χ0) is 23.6. The summed E-state index contributed by atoms with van der Waals surface area (Å²) in [5, 5.41) is 5.64. The molecule has 2 aliphatic rings. The summed E-state index contributed by atoms with van der Waals surface area (Å²) in [5.41, 5.74) is 1.14. The van der Waals surface area contributed by atoms with Crippen molar-refractivity contribution in [2.45, 2.75) is 57.9 Å². The summed E-state index contributed by atoms with van der Waals surface area (Å²) in [4.78, 5) is 0. The largest absolute Gasteiger partial charge is 0.465 e. The molecule has 1 aromatic heterocycles. The van der Waals surface area contributed by atoms with Gasteiger partial charge in [0.1, 0.15) is 5.76 Å². The molecule has 2 aliphatic carbocycles. The molecule has 2 fully saturated rings. The summed E-state index contributed by atoms with van der Waals surface area (Å²) in [5.74, 6) is 2.17. The highest BCUT2D eigenvalue weighted by Gasteiger charge is 2.58. The van der Waals surface area contributed by atoms with Crippen LogP contribution in [0.15, 0.2) is 90.1 Å². The number of benzene rings is 2. The average Bonchev–Trinajstić information content (AvgIpc) is 3.77. The van der Waals surface area contributed by atoms with Crippen LogP contribution < -0.4 is 15.7 Å². The molecule has 0 spiro atoms. The molecule has 3 aromatic rings. The first-order chi connectivity index (χ1) is 16.6. The predicted molar refractivity (Wildman–Crippen MR) is 142 cm³/mol. The van der Waals surface area contributed by atoms with Gasteiger partial charge in [-0.25, -0.2) is 0 Å². The first-order valence-electron chi connectivity index (χ1n) is 12.8. The fourth-order valence-corrected chi connectivity index (χ4v) is 8.32. The molecule has 5 rings (SSSR count). The lowest BCUT2D eigenvalue weighted by atomic mass is 9.85. The van der Waals surface area contributed by atoms with Crippen molar-refractivity contribution in [1.82, 2.24) is 5.09 Å². The molecular formula is C30H36NO2P. The van der Waals surface area contributed by atoms with E-state index in [4.69, 9.17) is 4.42 Å². The van der Waals surface area contributed by atoms with Crippen LogP contribution in [0.2, 0.25) is 0 Å². The summed E-state index contributed by atoms with van der Waals surface area (Å²) in [6.07, 6.45) is 9.90. The molecule has 0 aliphatic heterocycles. The van der Waals surface area contributed by atoms with Crippen LogP contribution in [0, 0.1) is 17.3 Å². The smallest absolute Gasteiger partial charge is 0.204 e. The number of unbranched alkanes of at least 4 members (excludes halogenated alkanes) is 1. The summed E-state index contributed by atoms with van der Waals surface area (Å²) in [7, 11) is -3.01. The number of rotatable bonds is 12. The van der Waals surface area contributed by atoms with Crippen LogP contribution in [0.4, 0.5) is 0 Å². The van der Waals surface area contributed by atoms with Crippen molar-refractivity contribution in [1.29, 1.82) is 0 Å². The van der Waals surface area contributed by atoms with Gasteiger partial charge in [-0.15, -0.1) is 0 Å². The molecule has 3 nitrogen and oxygen atoms in total. The highest BCUT2D eigenvalue weighted by molar-refractivity contribution is 7.76. The summed E-state index contributed by atoms with van der Waals surface area (Å²) in [6.45, 7) is 6.64. The van der Waals surface area contributed by atoms with Gasteiger partial charge < -0.3 is 4.42 Å². The minimum Gasteiger partial charge on any atom is -0.465 e. The first kappa shape index (κ1) is 23.4. The van der Waals surface area contributed by atoms with E-state index in [1.165, 1.54) is 25.7 Å². The Morgan fingerprint density at radius 2 is 1.71 bits per heavy atom. The third kappa shape index (κ3) is 4.74. The third-order valence-corrected chi connectivity index (χ3v) is 10.6. The number of allylic oxidation sites excluding steroid dienone is 1. The van der Waals surface area contributed by atoms with Crippen molar-refractivity contribution >= 4 is 23.5 Å². The van der Waals surface area contributed by atoms with Crippen molar-refractivity contribution in [2.24, 2.45) is 17.3 Å². The molecule has 0 unspecified atom stereocenters. The van der Waals surface area contributed by atoms with Crippen LogP contribution in [0.1, 0.15) is 57.6 Å². The van der Waals surface area contributed by atoms with E-state index in [9.17, 15) is 4.57 Å². The van der Waals surface area contributed by atoms with Gasteiger partial charge in [0.05, 0.1) is 6.26 Å². The Balaban J connectivity index is 1.49. The summed E-state index contributed by atoms with van der Waals surface area (Å²) >= 11 is 0. The summed E-state index contributed by atoms with van der Waals surface area (Å²) < 4.78 is 20.6. The van der Waals surface area contributed by atoms with Crippen molar-refractivity contribution in [2.75, 3.05) is 0 Å². The Hall–Kier alpha value is -2.35. The molecular weight excluding hydrogens is 437 g/mol. The number of nitrogens with one attached hydrogen (secondary N) is 1. The van der Waals surface area contributed by atoms with E-state index in [0.717, 1.165) is 47.1 Å². The molecule has 0 radical (unpaired) electrons. The maximum atomic E-state index is 14.9. The maximum Gasteiger partial charge on any atom is 0.204 e. The monoisotopic (exact) mass is 473 g/mol. The Kier molecular flexibility index (Phi) is 6.69. The van der Waals surface area contributed by atoms with E-state index in [2.05, 4.69) is 18.6 Å². The lowest BCUT2D eigenvalue weighted by molar-refractivity contribution is 0.325. The SMILES string of the molecule is C=C(CC1([C@@H](NP(=O)(c2ccccc2)c2ccccc2)[C@H]2C[C@@H]2CCCC)CC1)c1ccco1. The quantitative estimate of drug-likeness (QED) is 0.283. The second-order valence-corrected chi connectivity index (χ2v) is 12.8. The predicted octanol–water partition coefficient (Wildman–Crippen LogP) is 7.18. The minimum absolute atomic E-state index is 0.0920. The lowest BCUT2D eigenvalue weighted by Gasteiger charge is -2.34. The first-order valence-corrected chi connectivity index (χ1v) is 14.5. The fraction of sp³-hybridized carbons (Fsp3) is 0.400. The van der Waals surface area contributed by atoms with Gasteiger partial charge in [0.2, 0.25) is 7.29 Å². The van der Waals surface area contributed by atoms with Gasteiger partial charge >= 0.3 is 0 Å². The topological polar surface area (TPSA) is 42.2 Å². The lowest BCUT2D eigenvalue weighted by Crippen LogP contribution is -2.43. The van der Waals surface area contributed by atoms with Crippen LogP contribution in [0.3, 0.4) is 0 Å². The van der Waals surface area contributed by atoms with Crippen LogP contribution >= 0.6 is 7.29 Å². The Labute approximate surface area is 204 Å². The average molecular weight is 474 g/mol. The highest BCUT2D eigenvalue weighted by atomic mass is 31.2. The van der Waals surface area contributed by atoms with Gasteiger partial charge in [0, 0.05) is 16.7 Å². The van der Waals surface area contributed by atoms with E-state index in [0.29, 0.717) is 5.92 Å². The Morgan fingerprint density at radius 1 is 1.06 bits per heavy atom. The Bertz CT molecular complexity index is 1090. The van der Waals surface area contributed by atoms with Crippen LogP contribution in [-0.4, -0.2) is 6.04 Å². The van der Waals surface area contributed by atoms with Crippen molar-refractivity contribution in [3.63, 3.8) is 0 Å². The molecule has 2 aromatic carbocycles. The minimum atomic E-state index is -3.01. The molecule has 178 valence electrons. The van der Waals surface area contributed by atoms with Crippen LogP contribution in [0.5, 0.6) is 0 Å². The molecule has 4 heteroatoms. The standard InChI is InChI=1S/C30H36NO2P/c1-3-4-12-24-21-27(24)29(30(18-19-30)22-23(2)28-17-11-20-33-28)31-34(32,25-13-7-5-8-14-25)26-15-9-6-10-16-26/h5-11,13-17,20,24,27,29H,2-4,12,18-19,21-22H2,1H3,(H,31,32)/t24-,27-,29-/m0/s1. The van der Waals surface area contributed by atoms with Crippen molar-refractivity contribution in [3.8, 4) is 0 Å². The molecule has 1 N–H and O–H groups in total. The van der Waals surface area contributed by atoms with Gasteiger partial charge in [-0.05, 0) is 84.9 Å². The zero-order valence-electron chi connectivity index (χ0n) is 20.2. The second-order valence-electron chi connectivity index (χ2n) is 10.3. The molecule has 3 atom stereocenters. The van der Waals surface area contributed by atoms with Gasteiger partial charge in [0.25, 0.3) is 0 Å². The van der Waals surface area contributed by atoms with Crippen LogP contribution in [-0.2, 0) is 4.57 Å². The molecule has 0 amide bonds. The normalized spacial score (nSPS) is 21.7. The van der Waals surface area contributed by atoms with E-state index >= 15 is 0 Å². The second kappa shape index (κ2) is 9.72. The van der Waals surface area contributed by atoms with Crippen molar-refractivity contribution in [3.05, 3.63) is 91.4 Å². The van der Waals surface area contributed by atoms with Gasteiger partial charge in [-0.2, -0.15) is 0 Å². The maximum absolute atomic E-state index is 14.9. The highest BCUT2D eigenvalue weighted by Crippen LogP contribution is 2.63. The van der Waals surface area contributed by atoms with E-state index < -0.39 is 7.29 Å². The zero-order valence-corrected chi connectivity index (χ0v) is 21.1. The van der Waals surface area contributed by atoms with E-state index in [1.807, 2.05) is 72.8 Å². The molecule has 34 heavy (non-hydrogen) atoms. The summed E-state index contributed by atoms with van der Waals surface area (Å²) in [6, 6.07) is 24.2. The van der Waals surface area contributed by atoms with Gasteiger partial charge in [0.15, 0.2) is 0 Å². The fourth-order valence-electron chi connectivity index (χ4n) is 5.68. The van der Waals surface area contributed by atoms with Gasteiger partial charge in [-0.3, -0.25) is 9.65 Å². The number of hydrogen-bond donors (Lipinski definition) is 1. The Morgan fingerprint density at radius 3 is 2.24 bits per heavy atom.